The molecule has 0 aliphatic carbocycles. The molecule has 0 radical (unpaired) electrons. The van der Waals surface area contributed by atoms with Crippen molar-refractivity contribution in [3.05, 3.63) is 17.8 Å². The Morgan fingerprint density at radius 2 is 2.35 bits per heavy atom. The molecule has 1 aromatic rings. The van der Waals surface area contributed by atoms with E-state index in [1.54, 1.807) is 19.4 Å². The summed E-state index contributed by atoms with van der Waals surface area (Å²) in [5.41, 5.74) is 7.27. The highest BCUT2D eigenvalue weighted by molar-refractivity contribution is 5.81. The predicted molar refractivity (Wildman–Crippen MR) is 66.8 cm³/mol. The van der Waals surface area contributed by atoms with Crippen LogP contribution in [0.15, 0.2) is 12.3 Å². The fraction of sp³-hybridized carbons (Fsp3) is 0.455. The van der Waals surface area contributed by atoms with Crippen molar-refractivity contribution < 1.29 is 9.53 Å². The average molecular weight is 238 g/mol. The summed E-state index contributed by atoms with van der Waals surface area (Å²) in [6.45, 7) is 3.04. The minimum absolute atomic E-state index is 0.121. The molecule has 0 unspecified atom stereocenters. The number of rotatable bonds is 6. The number of anilines is 2. The molecule has 94 valence electrons. The maximum Gasteiger partial charge on any atom is 0.239 e. The summed E-state index contributed by atoms with van der Waals surface area (Å²) < 4.78 is 4.82. The lowest BCUT2D eigenvalue weighted by atomic mass is 10.3. The highest BCUT2D eigenvalue weighted by Crippen LogP contribution is 2.14. The zero-order chi connectivity index (χ0) is 12.7. The third kappa shape index (κ3) is 4.69. The summed E-state index contributed by atoms with van der Waals surface area (Å²) in [5.74, 6) is 0.404. The first-order chi connectivity index (χ1) is 8.13. The standard InChI is InChI=1S/C11H18N4O2/c1-8-5-9(12)11(14-6-8)15-7-10(16)13-3-4-17-2/h5-6H,3-4,7,12H2,1-2H3,(H,13,16)(H,14,15). The molecule has 1 heterocycles. The molecule has 17 heavy (non-hydrogen) atoms. The Hall–Kier alpha value is -1.82. The molecule has 0 saturated heterocycles. The highest BCUT2D eigenvalue weighted by Gasteiger charge is 2.03. The van der Waals surface area contributed by atoms with E-state index in [1.165, 1.54) is 0 Å². The summed E-state index contributed by atoms with van der Waals surface area (Å²) in [6, 6.07) is 1.80. The van der Waals surface area contributed by atoms with E-state index in [-0.39, 0.29) is 12.5 Å². The van der Waals surface area contributed by atoms with Gasteiger partial charge in [-0.25, -0.2) is 4.98 Å². The van der Waals surface area contributed by atoms with Gasteiger partial charge in [0.15, 0.2) is 0 Å². The number of nitrogen functional groups attached to an aromatic ring is 1. The summed E-state index contributed by atoms with van der Waals surface area (Å²) in [6.07, 6.45) is 1.70. The topological polar surface area (TPSA) is 89.3 Å². The van der Waals surface area contributed by atoms with Gasteiger partial charge in [0, 0.05) is 19.9 Å². The van der Waals surface area contributed by atoms with Gasteiger partial charge in [-0.2, -0.15) is 0 Å². The summed E-state index contributed by atoms with van der Waals surface area (Å²) >= 11 is 0. The minimum Gasteiger partial charge on any atom is -0.396 e. The quantitative estimate of drug-likeness (QED) is 0.614. The van der Waals surface area contributed by atoms with Gasteiger partial charge in [-0.05, 0) is 18.6 Å². The molecule has 0 fully saturated rings. The van der Waals surface area contributed by atoms with E-state index in [4.69, 9.17) is 10.5 Å². The van der Waals surface area contributed by atoms with Crippen LogP contribution in [0.4, 0.5) is 11.5 Å². The Morgan fingerprint density at radius 3 is 3.00 bits per heavy atom. The van der Waals surface area contributed by atoms with Gasteiger partial charge in [-0.3, -0.25) is 4.79 Å². The van der Waals surface area contributed by atoms with Gasteiger partial charge in [0.05, 0.1) is 18.8 Å². The van der Waals surface area contributed by atoms with Gasteiger partial charge < -0.3 is 21.1 Å². The predicted octanol–water partition coefficient (Wildman–Crippen LogP) is 0.147. The average Bonchev–Trinajstić information content (AvgIpc) is 2.28. The normalized spacial score (nSPS) is 10.0. The lowest BCUT2D eigenvalue weighted by Crippen LogP contribution is -2.32. The van der Waals surface area contributed by atoms with Gasteiger partial charge in [-0.15, -0.1) is 0 Å². The minimum atomic E-state index is -0.121. The molecule has 0 spiro atoms. The van der Waals surface area contributed by atoms with Crippen LogP contribution >= 0.6 is 0 Å². The van der Waals surface area contributed by atoms with E-state index < -0.39 is 0 Å². The fourth-order valence-electron chi connectivity index (χ4n) is 1.26. The second-order valence-electron chi connectivity index (χ2n) is 3.65. The fourth-order valence-corrected chi connectivity index (χ4v) is 1.26. The molecule has 0 aliphatic heterocycles. The van der Waals surface area contributed by atoms with Crippen molar-refractivity contribution in [1.82, 2.24) is 10.3 Å². The Balaban J connectivity index is 2.37. The molecule has 6 heteroatoms. The van der Waals surface area contributed by atoms with Gasteiger partial charge in [0.2, 0.25) is 5.91 Å². The smallest absolute Gasteiger partial charge is 0.239 e. The zero-order valence-electron chi connectivity index (χ0n) is 10.1. The molecule has 1 amide bonds. The van der Waals surface area contributed by atoms with Crippen LogP contribution in [0.25, 0.3) is 0 Å². The lowest BCUT2D eigenvalue weighted by Gasteiger charge is -2.09. The number of carbonyl (C=O) groups is 1. The van der Waals surface area contributed by atoms with Crippen LogP contribution in [0, 0.1) is 6.92 Å². The van der Waals surface area contributed by atoms with Crippen LogP contribution in [0.1, 0.15) is 5.56 Å². The van der Waals surface area contributed by atoms with Crippen LogP contribution in [0.2, 0.25) is 0 Å². The van der Waals surface area contributed by atoms with Crippen molar-refractivity contribution in [2.24, 2.45) is 0 Å². The van der Waals surface area contributed by atoms with Crippen molar-refractivity contribution >= 4 is 17.4 Å². The van der Waals surface area contributed by atoms with E-state index in [2.05, 4.69) is 15.6 Å². The molecular weight excluding hydrogens is 220 g/mol. The zero-order valence-corrected chi connectivity index (χ0v) is 10.1. The Kier molecular flexibility index (Phi) is 5.22. The van der Waals surface area contributed by atoms with Crippen molar-refractivity contribution in [2.75, 3.05) is 37.9 Å². The first-order valence-corrected chi connectivity index (χ1v) is 5.35. The molecular formula is C11H18N4O2. The van der Waals surface area contributed by atoms with E-state index >= 15 is 0 Å². The number of nitrogens with two attached hydrogens (primary N) is 1. The maximum absolute atomic E-state index is 11.4. The number of hydrogen-bond donors (Lipinski definition) is 3. The second kappa shape index (κ2) is 6.70. The summed E-state index contributed by atoms with van der Waals surface area (Å²) in [7, 11) is 1.58. The van der Waals surface area contributed by atoms with Crippen molar-refractivity contribution in [2.45, 2.75) is 6.92 Å². The molecule has 1 rings (SSSR count). The van der Waals surface area contributed by atoms with Crippen LogP contribution in [0.3, 0.4) is 0 Å². The van der Waals surface area contributed by atoms with E-state index in [9.17, 15) is 4.79 Å². The number of methoxy groups -OCH3 is 1. The number of nitrogens with one attached hydrogen (secondary N) is 2. The van der Waals surface area contributed by atoms with E-state index in [1.807, 2.05) is 6.92 Å². The summed E-state index contributed by atoms with van der Waals surface area (Å²) in [5, 5.41) is 5.57. The molecule has 0 atom stereocenters. The van der Waals surface area contributed by atoms with Crippen molar-refractivity contribution in [3.63, 3.8) is 0 Å². The molecule has 4 N–H and O–H groups in total. The number of carbonyl (C=O) groups excluding carboxylic acids is 1. The van der Waals surface area contributed by atoms with Gasteiger partial charge >= 0.3 is 0 Å². The monoisotopic (exact) mass is 238 g/mol. The Morgan fingerprint density at radius 1 is 1.59 bits per heavy atom. The van der Waals surface area contributed by atoms with Gasteiger partial charge in [-0.1, -0.05) is 0 Å². The molecule has 1 aromatic heterocycles. The van der Waals surface area contributed by atoms with Crippen molar-refractivity contribution in [1.29, 1.82) is 0 Å². The molecule has 0 aromatic carbocycles. The van der Waals surface area contributed by atoms with E-state index in [0.717, 1.165) is 5.56 Å². The number of amides is 1. The number of pyridine rings is 1. The Labute approximate surface area is 101 Å². The number of aryl methyl sites for hydroxylation is 1. The third-order valence-electron chi connectivity index (χ3n) is 2.10. The van der Waals surface area contributed by atoms with Crippen LogP contribution < -0.4 is 16.4 Å². The Bertz CT molecular complexity index is 382. The van der Waals surface area contributed by atoms with Gasteiger partial charge in [0.1, 0.15) is 5.82 Å². The van der Waals surface area contributed by atoms with Crippen LogP contribution in [-0.4, -0.2) is 37.7 Å². The first kappa shape index (κ1) is 13.2. The lowest BCUT2D eigenvalue weighted by molar-refractivity contribution is -0.119. The number of aromatic nitrogens is 1. The summed E-state index contributed by atoms with van der Waals surface area (Å²) in [4.78, 5) is 15.5. The molecule has 6 nitrogen and oxygen atoms in total. The maximum atomic E-state index is 11.4. The highest BCUT2D eigenvalue weighted by atomic mass is 16.5. The molecule has 0 saturated carbocycles. The number of nitrogens with zero attached hydrogens (tertiary/aromatic N) is 1. The van der Waals surface area contributed by atoms with Crippen molar-refractivity contribution in [3.8, 4) is 0 Å². The van der Waals surface area contributed by atoms with Crippen LogP contribution in [0.5, 0.6) is 0 Å². The second-order valence-corrected chi connectivity index (χ2v) is 3.65. The van der Waals surface area contributed by atoms with Gasteiger partial charge in [0.25, 0.3) is 0 Å². The third-order valence-corrected chi connectivity index (χ3v) is 2.10. The largest absolute Gasteiger partial charge is 0.396 e. The molecule has 0 aliphatic rings. The molecule has 0 bridgehead atoms. The number of hydrogen-bond acceptors (Lipinski definition) is 5. The SMILES string of the molecule is COCCNC(=O)CNc1ncc(C)cc1N. The first-order valence-electron chi connectivity index (χ1n) is 5.35. The van der Waals surface area contributed by atoms with E-state index in [0.29, 0.717) is 24.7 Å². The van der Waals surface area contributed by atoms with Crippen LogP contribution in [-0.2, 0) is 9.53 Å². The number of ether oxygens (including phenoxy) is 1.